The van der Waals surface area contributed by atoms with Crippen molar-refractivity contribution in [3.63, 3.8) is 0 Å². The average Bonchev–Trinajstić information content (AvgIpc) is 0.765. The third-order valence-corrected chi connectivity index (χ3v) is 26.0. The van der Waals surface area contributed by atoms with E-state index in [0.29, 0.717) is 0 Å². The summed E-state index contributed by atoms with van der Waals surface area (Å²) < 4.78 is 124. The van der Waals surface area contributed by atoms with Crippen molar-refractivity contribution in [3.05, 3.63) is 0 Å². The van der Waals surface area contributed by atoms with Crippen molar-refractivity contribution < 1.29 is 292 Å². The second-order valence-electron chi connectivity index (χ2n) is 36.0. The van der Waals surface area contributed by atoms with Gasteiger partial charge >= 0.3 is 5.97 Å². The van der Waals surface area contributed by atoms with Gasteiger partial charge in [0.1, 0.15) is 262 Å². The lowest BCUT2D eigenvalue weighted by molar-refractivity contribution is -0.399. The quantitative estimate of drug-likeness (QED) is 0.0272. The van der Waals surface area contributed by atoms with Crippen LogP contribution < -0.4 is 26.6 Å². The standard InChI is InChI=1S/C79H131N5O59/c1-18(94)80-35-23(99)6-79(78(121)122,143-63(35)40(101)24(100)7-85)124-17-34-44(105)52(113)56(117)73(134-34)136-60-30(13-91)132-71(39(49(60)110)84-22(5)98)142-67-54(115)43(104)27(10-88)129-77(67)140-65-46(107)33(133-75(58(65)119)138-62-31(14-92)130-69(37(48(62)109)82-20(3)96)135-59-29(12-90)125-68(120)36(47(59)108)81-19(2)95)16-123-76-66(53(114)42(103)26(9-87)128-76)141-70-38(83-21(4)97)50(111)61(32(15-93)131-70)137-74-57(118)64(45(106)28(11-89)127-74)139-72-55(116)51(112)41(102)25(8-86)126-72/h23-77,85-93,99-120H,6-17H2,1-5H3,(H,80,94)(H,81,95)(H,82,96)(H,83,97)(H,84,98)(H,121,122)/t23-,24+,25+,26+,27+,28+,29+,30+,31+,32+,33+,34+,35+,36+,37+,38+,39+,40+,41-,42+,43+,44-,45-,46+,47+,48+,49+,50+,51-,52-,53-,54-,55+,56+,57+,58-,59+,60+,61+,62+,63+,64-,65-,66-,67-,68?,69-,70-,71-,72-,73-,74-,75-,76-,77+,79+/m0/s1. The van der Waals surface area contributed by atoms with Crippen molar-refractivity contribution in [1.29, 1.82) is 0 Å². The number of carbonyl (C=O) groups is 6. The molecule has 0 bridgehead atoms. The Bertz CT molecular complexity index is 4030. The van der Waals surface area contributed by atoms with Gasteiger partial charge in [-0.15, -0.1) is 0 Å². The Kier molecular flexibility index (Phi) is 42.3. The lowest BCUT2D eigenvalue weighted by Crippen LogP contribution is -2.71. The van der Waals surface area contributed by atoms with Crippen LogP contribution in [0.4, 0.5) is 0 Å². The van der Waals surface area contributed by atoms with Crippen LogP contribution in [0.2, 0.25) is 0 Å². The predicted octanol–water partition coefficient (Wildman–Crippen LogP) is -25.1. The maximum atomic E-state index is 13.3. The van der Waals surface area contributed by atoms with E-state index >= 15 is 0 Å². The van der Waals surface area contributed by atoms with Gasteiger partial charge in [0, 0.05) is 41.0 Å². The molecule has 0 aromatic rings. The molecule has 11 aliphatic heterocycles. The van der Waals surface area contributed by atoms with Gasteiger partial charge in [-0.25, -0.2) is 4.79 Å². The lowest BCUT2D eigenvalue weighted by atomic mass is 9.88. The fourth-order valence-electron chi connectivity index (χ4n) is 18.4. The van der Waals surface area contributed by atoms with E-state index in [0.717, 1.165) is 34.6 Å². The molecule has 143 heavy (non-hydrogen) atoms. The third kappa shape index (κ3) is 26.2. The van der Waals surface area contributed by atoms with Gasteiger partial charge < -0.3 is 289 Å². The van der Waals surface area contributed by atoms with Crippen molar-refractivity contribution in [2.24, 2.45) is 0 Å². The zero-order valence-corrected chi connectivity index (χ0v) is 76.6. The molecule has 11 rings (SSSR count). The molecule has 1 unspecified atom stereocenters. The number of nitrogens with one attached hydrogen (secondary N) is 5. The van der Waals surface area contributed by atoms with Crippen LogP contribution in [0.3, 0.4) is 0 Å². The highest BCUT2D eigenvalue weighted by Crippen LogP contribution is 2.43. The van der Waals surface area contributed by atoms with E-state index in [-0.39, 0.29) is 0 Å². The van der Waals surface area contributed by atoms with E-state index < -0.39 is 458 Å². The van der Waals surface area contributed by atoms with Crippen molar-refractivity contribution in [1.82, 2.24) is 26.6 Å². The molecule has 11 fully saturated rings. The Morgan fingerprint density at radius 1 is 0.287 bits per heavy atom. The molecule has 11 saturated heterocycles. The number of amides is 5. The van der Waals surface area contributed by atoms with Gasteiger partial charge in [-0.1, -0.05) is 0 Å². The first-order valence-corrected chi connectivity index (χ1v) is 45.3. The summed E-state index contributed by atoms with van der Waals surface area (Å²) >= 11 is 0. The van der Waals surface area contributed by atoms with Crippen LogP contribution in [0.1, 0.15) is 41.0 Å². The molecule has 56 atom stereocenters. The second kappa shape index (κ2) is 51.2. The highest BCUT2D eigenvalue weighted by Gasteiger charge is 2.64. The number of ether oxygens (including phenoxy) is 21. The van der Waals surface area contributed by atoms with Gasteiger partial charge in [0.2, 0.25) is 29.5 Å². The Hall–Kier alpha value is -5.26. The van der Waals surface area contributed by atoms with E-state index in [9.17, 15) is 192 Å². The number of aliphatic carboxylic acids is 1. The van der Waals surface area contributed by atoms with Crippen LogP contribution in [0.15, 0.2) is 0 Å². The van der Waals surface area contributed by atoms with Gasteiger partial charge in [0.05, 0.1) is 84.8 Å². The van der Waals surface area contributed by atoms with Crippen LogP contribution in [-0.4, -0.2) is 615 Å². The van der Waals surface area contributed by atoms with Crippen molar-refractivity contribution in [3.8, 4) is 0 Å². The second-order valence-corrected chi connectivity index (χ2v) is 36.0. The van der Waals surface area contributed by atoms with Crippen LogP contribution in [0.25, 0.3) is 0 Å². The molecule has 0 spiro atoms. The van der Waals surface area contributed by atoms with Gasteiger partial charge in [-0.2, -0.15) is 0 Å². The molecule has 0 saturated carbocycles. The summed E-state index contributed by atoms with van der Waals surface area (Å²) in [6.07, 6.45) is -111. The van der Waals surface area contributed by atoms with Crippen LogP contribution in [0, 0.1) is 0 Å². The molecular weight excluding hydrogens is 1960 g/mol. The molecule has 826 valence electrons. The third-order valence-electron chi connectivity index (χ3n) is 26.0. The number of hydrogen-bond donors (Lipinski definition) is 37. The SMILES string of the molecule is CC(=O)N[C@H]1[C@H](O[C@H]2[C@H](O)[C@@H](NC(C)=O)C(O)O[C@@H]2CO)O[C@H](CO)[C@@H](O[C@@H]2O[C@H](CO[C@H]3O[C@H](CO)[C@@H](O)[C@H](O)[C@@H]3O[C@@H]3O[C@H](CO)[C@@H](O[C@@H]4O[C@H](CO)[C@H](O)[C@H](O[C@@H]5O[C@H](CO)[C@H](O)[C@H](O)[C@H]5O)[C@H]4O)[C@H](O)[C@H]3NC(C)=O)[C@@H](O)[C@H](O[C@H]3O[C@H](CO)[C@@H](O)[C@H](O)[C@@H]3O[C@@H]3O[C@H](CO)[C@@H](O[C@@H]4O[C@H](CO[C@]5(C(=O)O)C[C@H](O)[C@@H](NC(C)=O)[C@H]([C@H](O)[C@H](O)CO)O5)[C@H](O)[C@H](O)[C@H]4O)[C@H](O)[C@H]3NC(C)=O)[C@@H]2O)[C@@H]1O. The largest absolute Gasteiger partial charge is 0.477 e. The number of carboxylic acid groups (broad SMARTS) is 1. The number of rotatable bonds is 39. The van der Waals surface area contributed by atoms with E-state index in [1.54, 1.807) is 0 Å². The van der Waals surface area contributed by atoms with Gasteiger partial charge in [-0.3, -0.25) is 24.0 Å². The summed E-state index contributed by atoms with van der Waals surface area (Å²) in [5, 5.41) is 371. The summed E-state index contributed by atoms with van der Waals surface area (Å²) in [7, 11) is 0. The summed E-state index contributed by atoms with van der Waals surface area (Å²) in [6, 6.07) is -9.62. The minimum absolute atomic E-state index is 0.829. The number of carbonyl (C=O) groups excluding carboxylic acids is 5. The highest BCUT2D eigenvalue weighted by molar-refractivity contribution is 5.77. The topological polar surface area (TPSA) is 1000 Å². The molecule has 11 heterocycles. The van der Waals surface area contributed by atoms with Crippen LogP contribution >= 0.6 is 0 Å². The zero-order chi connectivity index (χ0) is 106. The number of carboxylic acids is 1. The van der Waals surface area contributed by atoms with E-state index in [1.807, 2.05) is 0 Å². The molecule has 0 aromatic heterocycles. The van der Waals surface area contributed by atoms with E-state index in [1.165, 1.54) is 0 Å². The number of aliphatic hydroxyl groups is 31. The fraction of sp³-hybridized carbons (Fsp3) is 0.924. The first-order valence-electron chi connectivity index (χ1n) is 45.3. The fourth-order valence-corrected chi connectivity index (χ4v) is 18.4. The maximum absolute atomic E-state index is 13.3. The Labute approximate surface area is 808 Å². The molecule has 0 aliphatic carbocycles. The summed E-state index contributed by atoms with van der Waals surface area (Å²) in [4.78, 5) is 77.2. The minimum Gasteiger partial charge on any atom is -0.477 e. The van der Waals surface area contributed by atoms with Crippen LogP contribution in [-0.2, 0) is 128 Å². The van der Waals surface area contributed by atoms with Crippen molar-refractivity contribution in [2.45, 2.75) is 384 Å². The first kappa shape index (κ1) is 118. The minimum atomic E-state index is -3.12. The normalized spacial score (nSPS) is 47.8. The Morgan fingerprint density at radius 3 is 0.951 bits per heavy atom. The summed E-state index contributed by atoms with van der Waals surface area (Å²) in [6.45, 7) is -8.61. The maximum Gasteiger partial charge on any atom is 0.364 e. The predicted molar refractivity (Wildman–Crippen MR) is 438 cm³/mol. The van der Waals surface area contributed by atoms with Gasteiger partial charge in [-0.05, 0) is 0 Å². The number of aliphatic hydroxyl groups excluding tert-OH is 31. The molecule has 5 amide bonds. The monoisotopic (exact) mass is 2090 g/mol. The average molecular weight is 2090 g/mol. The zero-order valence-electron chi connectivity index (χ0n) is 76.6. The van der Waals surface area contributed by atoms with E-state index in [4.69, 9.17) is 99.5 Å². The van der Waals surface area contributed by atoms with E-state index in [2.05, 4.69) is 26.6 Å². The Balaban J connectivity index is 0.893. The summed E-state index contributed by atoms with van der Waals surface area (Å²) in [5.74, 6) is -9.99. The first-order chi connectivity index (χ1) is 67.5. The highest BCUT2D eigenvalue weighted by atomic mass is 16.8. The molecule has 37 N–H and O–H groups in total. The molecule has 64 heteroatoms. The molecule has 11 aliphatic rings. The van der Waals surface area contributed by atoms with Crippen molar-refractivity contribution >= 4 is 35.5 Å². The molecule has 0 aromatic carbocycles. The smallest absolute Gasteiger partial charge is 0.364 e. The number of hydrogen-bond acceptors (Lipinski definition) is 58. The molecule has 64 nitrogen and oxygen atoms in total. The molecule has 0 radical (unpaired) electrons. The van der Waals surface area contributed by atoms with Gasteiger partial charge in [0.15, 0.2) is 62.9 Å². The Morgan fingerprint density at radius 2 is 0.566 bits per heavy atom. The molecular formula is C79H131N5O59. The van der Waals surface area contributed by atoms with Crippen LogP contribution in [0.5, 0.6) is 0 Å². The summed E-state index contributed by atoms with van der Waals surface area (Å²) in [5.41, 5.74) is 0. The van der Waals surface area contributed by atoms with Crippen molar-refractivity contribution in [2.75, 3.05) is 72.7 Å². The van der Waals surface area contributed by atoms with Gasteiger partial charge in [0.25, 0.3) is 5.79 Å². The lowest BCUT2D eigenvalue weighted by Gasteiger charge is -2.51.